The van der Waals surface area contributed by atoms with Crippen LogP contribution in [0.25, 0.3) is 0 Å². The number of anilines is 1. The standard InChI is InChI=1S/C16H16N2O7S/c1-2-9-25-14-8-7-11(16(19)20)10-12(14)17-26(23,24)15-6-4-3-5-13(15)18(21)22/h3-8,10,17H,2,9H2,1H3,(H,19,20). The predicted molar refractivity (Wildman–Crippen MR) is 93.1 cm³/mol. The normalized spacial score (nSPS) is 11.0. The van der Waals surface area contributed by atoms with Crippen LogP contribution in [0, 0.1) is 10.1 Å². The first kappa shape index (κ1) is 19.2. The molecule has 9 nitrogen and oxygen atoms in total. The second-order valence-electron chi connectivity index (χ2n) is 5.19. The number of hydrogen-bond acceptors (Lipinski definition) is 6. The van der Waals surface area contributed by atoms with Crippen LogP contribution in [-0.4, -0.2) is 31.0 Å². The lowest BCUT2D eigenvalue weighted by molar-refractivity contribution is -0.387. The van der Waals surface area contributed by atoms with Gasteiger partial charge in [0, 0.05) is 6.07 Å². The SMILES string of the molecule is CCCOc1ccc(C(=O)O)cc1NS(=O)(=O)c1ccccc1[N+](=O)[O-]. The molecule has 0 saturated heterocycles. The Hall–Kier alpha value is -3.14. The van der Waals surface area contributed by atoms with Crippen molar-refractivity contribution >= 4 is 27.4 Å². The average molecular weight is 380 g/mol. The Morgan fingerprint density at radius 2 is 1.96 bits per heavy atom. The minimum atomic E-state index is -4.34. The van der Waals surface area contributed by atoms with Crippen molar-refractivity contribution < 1.29 is 28.0 Å². The van der Waals surface area contributed by atoms with E-state index in [2.05, 4.69) is 4.72 Å². The summed E-state index contributed by atoms with van der Waals surface area (Å²) in [5.74, 6) is -1.13. The van der Waals surface area contributed by atoms with Gasteiger partial charge in [-0.3, -0.25) is 14.8 Å². The summed E-state index contributed by atoms with van der Waals surface area (Å²) in [5, 5.41) is 20.2. The number of hydrogen-bond donors (Lipinski definition) is 2. The maximum Gasteiger partial charge on any atom is 0.335 e. The van der Waals surface area contributed by atoms with Gasteiger partial charge >= 0.3 is 5.97 Å². The lowest BCUT2D eigenvalue weighted by Crippen LogP contribution is -2.16. The summed E-state index contributed by atoms with van der Waals surface area (Å²) < 4.78 is 32.8. The van der Waals surface area contributed by atoms with Gasteiger partial charge in [0.05, 0.1) is 22.8 Å². The van der Waals surface area contributed by atoms with Crippen LogP contribution < -0.4 is 9.46 Å². The minimum Gasteiger partial charge on any atom is -0.491 e. The number of carbonyl (C=O) groups is 1. The van der Waals surface area contributed by atoms with E-state index in [-0.39, 0.29) is 23.6 Å². The number of benzene rings is 2. The fraction of sp³-hybridized carbons (Fsp3) is 0.188. The van der Waals surface area contributed by atoms with Crippen molar-refractivity contribution in [3.63, 3.8) is 0 Å². The molecule has 0 radical (unpaired) electrons. The number of carboxylic acid groups (broad SMARTS) is 1. The first-order chi connectivity index (χ1) is 12.3. The van der Waals surface area contributed by atoms with Gasteiger partial charge in [0.25, 0.3) is 15.7 Å². The molecule has 0 fully saturated rings. The molecular formula is C16H16N2O7S. The number of ether oxygens (including phenoxy) is 1. The molecule has 2 rings (SSSR count). The zero-order chi connectivity index (χ0) is 19.3. The second kappa shape index (κ2) is 7.83. The predicted octanol–water partition coefficient (Wildman–Crippen LogP) is 2.88. The Bertz CT molecular complexity index is 941. The van der Waals surface area contributed by atoms with Crippen molar-refractivity contribution in [2.24, 2.45) is 0 Å². The van der Waals surface area contributed by atoms with Crippen molar-refractivity contribution in [3.05, 3.63) is 58.1 Å². The molecule has 10 heteroatoms. The number of nitrogens with zero attached hydrogens (tertiary/aromatic N) is 1. The lowest BCUT2D eigenvalue weighted by Gasteiger charge is -2.14. The van der Waals surface area contributed by atoms with Gasteiger partial charge < -0.3 is 9.84 Å². The maximum absolute atomic E-state index is 12.6. The molecule has 2 aromatic carbocycles. The van der Waals surface area contributed by atoms with E-state index in [9.17, 15) is 23.3 Å². The molecule has 0 saturated carbocycles. The summed E-state index contributed by atoms with van der Waals surface area (Å²) in [5.41, 5.74) is -0.865. The van der Waals surface area contributed by atoms with E-state index >= 15 is 0 Å². The summed E-state index contributed by atoms with van der Waals surface area (Å²) in [4.78, 5) is 20.9. The van der Waals surface area contributed by atoms with Crippen LogP contribution in [0.5, 0.6) is 5.75 Å². The summed E-state index contributed by atoms with van der Waals surface area (Å²) in [6.45, 7) is 2.13. The van der Waals surface area contributed by atoms with Gasteiger partial charge in [-0.1, -0.05) is 19.1 Å². The number of rotatable bonds is 8. The molecule has 0 heterocycles. The fourth-order valence-electron chi connectivity index (χ4n) is 2.12. The van der Waals surface area contributed by atoms with Crippen LogP contribution >= 0.6 is 0 Å². The van der Waals surface area contributed by atoms with Gasteiger partial charge in [-0.25, -0.2) is 13.2 Å². The van der Waals surface area contributed by atoms with Crippen LogP contribution in [-0.2, 0) is 10.0 Å². The molecule has 0 bridgehead atoms. The highest BCUT2D eigenvalue weighted by Gasteiger charge is 2.26. The zero-order valence-electron chi connectivity index (χ0n) is 13.7. The smallest absolute Gasteiger partial charge is 0.335 e. The Balaban J connectivity index is 2.50. The average Bonchev–Trinajstić information content (AvgIpc) is 2.60. The third-order valence-electron chi connectivity index (χ3n) is 3.28. The highest BCUT2D eigenvalue weighted by atomic mass is 32.2. The van der Waals surface area contributed by atoms with Crippen LogP contribution in [0.15, 0.2) is 47.4 Å². The third kappa shape index (κ3) is 4.28. The second-order valence-corrected chi connectivity index (χ2v) is 6.85. The molecule has 2 aromatic rings. The Kier molecular flexibility index (Phi) is 5.78. The van der Waals surface area contributed by atoms with E-state index in [4.69, 9.17) is 9.84 Å². The van der Waals surface area contributed by atoms with E-state index < -0.39 is 31.5 Å². The van der Waals surface area contributed by atoms with Crippen molar-refractivity contribution in [1.82, 2.24) is 0 Å². The van der Waals surface area contributed by atoms with E-state index in [0.717, 1.165) is 18.2 Å². The van der Waals surface area contributed by atoms with Gasteiger partial charge in [0.2, 0.25) is 0 Å². The van der Waals surface area contributed by atoms with Crippen molar-refractivity contribution in [1.29, 1.82) is 0 Å². The summed E-state index contributed by atoms with van der Waals surface area (Å²) in [7, 11) is -4.34. The molecule has 0 aliphatic carbocycles. The molecule has 0 spiro atoms. The van der Waals surface area contributed by atoms with Crippen molar-refractivity contribution in [2.45, 2.75) is 18.2 Å². The number of nitrogens with one attached hydrogen (secondary N) is 1. The molecule has 0 unspecified atom stereocenters. The highest BCUT2D eigenvalue weighted by molar-refractivity contribution is 7.92. The first-order valence-electron chi connectivity index (χ1n) is 7.52. The van der Waals surface area contributed by atoms with E-state index in [1.54, 1.807) is 0 Å². The first-order valence-corrected chi connectivity index (χ1v) is 9.01. The van der Waals surface area contributed by atoms with Crippen molar-refractivity contribution in [3.8, 4) is 5.75 Å². The maximum atomic E-state index is 12.6. The highest BCUT2D eigenvalue weighted by Crippen LogP contribution is 2.31. The number of aromatic carboxylic acids is 1. The van der Waals surface area contributed by atoms with E-state index in [0.29, 0.717) is 6.42 Å². The molecule has 138 valence electrons. The lowest BCUT2D eigenvalue weighted by atomic mass is 10.2. The van der Waals surface area contributed by atoms with Crippen LogP contribution in [0.1, 0.15) is 23.7 Å². The van der Waals surface area contributed by atoms with Gasteiger partial charge in [0.15, 0.2) is 4.90 Å². The van der Waals surface area contributed by atoms with Gasteiger partial charge in [-0.2, -0.15) is 0 Å². The molecule has 0 aromatic heterocycles. The summed E-state index contributed by atoms with van der Waals surface area (Å²) in [6, 6.07) is 8.55. The monoisotopic (exact) mass is 380 g/mol. The Labute approximate surface area is 149 Å². The quantitative estimate of drug-likeness (QED) is 0.531. The summed E-state index contributed by atoms with van der Waals surface area (Å²) >= 11 is 0. The fourth-order valence-corrected chi connectivity index (χ4v) is 3.35. The molecule has 2 N–H and O–H groups in total. The number of para-hydroxylation sites is 1. The number of nitro benzene ring substituents is 1. The topological polar surface area (TPSA) is 136 Å². The van der Waals surface area contributed by atoms with Crippen LogP contribution in [0.2, 0.25) is 0 Å². The van der Waals surface area contributed by atoms with Gasteiger partial charge in [-0.15, -0.1) is 0 Å². The molecule has 0 aliphatic rings. The van der Waals surface area contributed by atoms with E-state index in [1.165, 1.54) is 24.3 Å². The molecule has 0 amide bonds. The third-order valence-corrected chi connectivity index (χ3v) is 4.70. The molecular weight excluding hydrogens is 364 g/mol. The van der Waals surface area contributed by atoms with Gasteiger partial charge in [-0.05, 0) is 30.7 Å². The molecule has 0 atom stereocenters. The number of nitro groups is 1. The zero-order valence-corrected chi connectivity index (χ0v) is 14.5. The minimum absolute atomic E-state index is 0.114. The van der Waals surface area contributed by atoms with Crippen LogP contribution in [0.4, 0.5) is 11.4 Å². The van der Waals surface area contributed by atoms with Gasteiger partial charge in [0.1, 0.15) is 5.75 Å². The van der Waals surface area contributed by atoms with Crippen molar-refractivity contribution in [2.75, 3.05) is 11.3 Å². The van der Waals surface area contributed by atoms with Crippen LogP contribution in [0.3, 0.4) is 0 Å². The summed E-state index contributed by atoms with van der Waals surface area (Å²) in [6.07, 6.45) is 0.650. The Morgan fingerprint density at radius 3 is 2.58 bits per heavy atom. The number of sulfonamides is 1. The number of carboxylic acids is 1. The molecule has 0 aliphatic heterocycles. The van der Waals surface area contributed by atoms with E-state index in [1.807, 2.05) is 6.92 Å². The largest absolute Gasteiger partial charge is 0.491 e. The molecule has 26 heavy (non-hydrogen) atoms. The Morgan fingerprint density at radius 1 is 1.27 bits per heavy atom.